The van der Waals surface area contributed by atoms with Gasteiger partial charge in [-0.15, -0.1) is 0 Å². The SMILES string of the molecule is C=C(C)C(=O)OCCCCCCCCCCCCOC(=O)C(=C)C#N. The highest BCUT2D eigenvalue weighted by molar-refractivity contribution is 5.91. The minimum absolute atomic E-state index is 0.144. The quantitative estimate of drug-likeness (QED) is 0.186. The summed E-state index contributed by atoms with van der Waals surface area (Å²) in [6.07, 6.45) is 11.0. The maximum absolute atomic E-state index is 11.2. The average Bonchev–Trinajstić information content (AvgIpc) is 2.60. The lowest BCUT2D eigenvalue weighted by molar-refractivity contribution is -0.139. The summed E-state index contributed by atoms with van der Waals surface area (Å²) < 4.78 is 9.96. The fourth-order valence-electron chi connectivity index (χ4n) is 2.20. The molecular weight excluding hydrogens is 318 g/mol. The molecule has 0 spiro atoms. The number of carbonyl (C=O) groups is 2. The number of nitrogens with zero attached hydrogens (tertiary/aromatic N) is 1. The molecule has 0 saturated heterocycles. The first-order chi connectivity index (χ1) is 12.0. The Hall–Kier alpha value is -2.09. The number of nitriles is 1. The second-order valence-electron chi connectivity index (χ2n) is 6.18. The van der Waals surface area contributed by atoms with Crippen molar-refractivity contribution in [1.82, 2.24) is 0 Å². The number of unbranched alkanes of at least 4 members (excludes halogenated alkanes) is 9. The van der Waals surface area contributed by atoms with Crippen LogP contribution >= 0.6 is 0 Å². The molecule has 0 amide bonds. The molecule has 0 radical (unpaired) electrons. The Bertz CT molecular complexity index is 477. The van der Waals surface area contributed by atoms with Crippen LogP contribution in [0, 0.1) is 11.3 Å². The number of ether oxygens (including phenoxy) is 2. The second kappa shape index (κ2) is 15.4. The van der Waals surface area contributed by atoms with Gasteiger partial charge in [0.25, 0.3) is 0 Å². The molecular formula is C20H31NO4. The third-order valence-electron chi connectivity index (χ3n) is 3.73. The lowest BCUT2D eigenvalue weighted by Crippen LogP contribution is -2.06. The van der Waals surface area contributed by atoms with Crippen LogP contribution in [0.4, 0.5) is 0 Å². The molecule has 0 aliphatic heterocycles. The molecule has 0 atom stereocenters. The highest BCUT2D eigenvalue weighted by Gasteiger charge is 2.06. The molecule has 0 aromatic heterocycles. The third kappa shape index (κ3) is 14.0. The molecule has 0 aromatic rings. The van der Waals surface area contributed by atoms with Crippen LogP contribution < -0.4 is 0 Å². The maximum Gasteiger partial charge on any atom is 0.348 e. The Kier molecular flexibility index (Phi) is 14.1. The predicted molar refractivity (Wildman–Crippen MR) is 97.7 cm³/mol. The van der Waals surface area contributed by atoms with Crippen molar-refractivity contribution in [2.75, 3.05) is 13.2 Å². The summed E-state index contributed by atoms with van der Waals surface area (Å²) in [5, 5.41) is 8.48. The minimum atomic E-state index is -0.614. The topological polar surface area (TPSA) is 76.4 Å². The van der Waals surface area contributed by atoms with Crippen LogP contribution in [0.5, 0.6) is 0 Å². The summed E-state index contributed by atoms with van der Waals surface area (Å²) in [5.41, 5.74) is 0.305. The Morgan fingerprint density at radius 3 is 1.48 bits per heavy atom. The van der Waals surface area contributed by atoms with Crippen LogP contribution in [-0.2, 0) is 19.1 Å². The summed E-state index contributed by atoms with van der Waals surface area (Å²) in [6.45, 7) is 9.34. The molecule has 0 aromatic carbocycles. The van der Waals surface area contributed by atoms with Gasteiger partial charge in [0.05, 0.1) is 13.2 Å². The molecule has 0 rings (SSSR count). The average molecular weight is 349 g/mol. The standard InChI is InChI=1S/C20H31NO4/c1-17(2)19(22)24-14-12-10-8-6-4-5-7-9-11-13-15-25-20(23)18(3)16-21/h1,3-15H2,2H3. The van der Waals surface area contributed by atoms with E-state index in [4.69, 9.17) is 14.7 Å². The normalized spacial score (nSPS) is 9.92. The number of hydrogen-bond donors (Lipinski definition) is 0. The monoisotopic (exact) mass is 349 g/mol. The van der Waals surface area contributed by atoms with Gasteiger partial charge in [-0.1, -0.05) is 64.5 Å². The zero-order valence-electron chi connectivity index (χ0n) is 15.5. The molecule has 140 valence electrons. The van der Waals surface area contributed by atoms with Crippen molar-refractivity contribution in [2.45, 2.75) is 71.1 Å². The van der Waals surface area contributed by atoms with E-state index in [-0.39, 0.29) is 11.5 Å². The van der Waals surface area contributed by atoms with Crippen LogP contribution in [0.1, 0.15) is 71.1 Å². The molecule has 5 nitrogen and oxygen atoms in total. The zero-order valence-corrected chi connectivity index (χ0v) is 15.5. The largest absolute Gasteiger partial charge is 0.462 e. The van der Waals surface area contributed by atoms with E-state index in [0.29, 0.717) is 18.8 Å². The van der Waals surface area contributed by atoms with Crippen molar-refractivity contribution in [3.63, 3.8) is 0 Å². The van der Waals surface area contributed by atoms with Gasteiger partial charge in [-0.05, 0) is 19.8 Å². The van der Waals surface area contributed by atoms with Gasteiger partial charge in [0.1, 0.15) is 11.6 Å². The van der Waals surface area contributed by atoms with Gasteiger partial charge in [0.2, 0.25) is 0 Å². The van der Waals surface area contributed by atoms with E-state index in [1.807, 2.05) is 0 Å². The Morgan fingerprint density at radius 1 is 0.760 bits per heavy atom. The van der Waals surface area contributed by atoms with Crippen LogP contribution in [0.3, 0.4) is 0 Å². The summed E-state index contributed by atoms with van der Waals surface area (Å²) in [7, 11) is 0. The van der Waals surface area contributed by atoms with E-state index in [1.54, 1.807) is 13.0 Å². The summed E-state index contributed by atoms with van der Waals surface area (Å²) >= 11 is 0. The van der Waals surface area contributed by atoms with Gasteiger partial charge in [-0.25, -0.2) is 9.59 Å². The van der Waals surface area contributed by atoms with E-state index >= 15 is 0 Å². The first-order valence-corrected chi connectivity index (χ1v) is 9.07. The molecule has 0 aliphatic rings. The van der Waals surface area contributed by atoms with Crippen molar-refractivity contribution >= 4 is 11.9 Å². The molecule has 0 N–H and O–H groups in total. The predicted octanol–water partition coefficient (Wildman–Crippen LogP) is 4.63. The smallest absolute Gasteiger partial charge is 0.348 e. The van der Waals surface area contributed by atoms with Gasteiger partial charge < -0.3 is 9.47 Å². The lowest BCUT2D eigenvalue weighted by Gasteiger charge is -2.05. The van der Waals surface area contributed by atoms with Crippen molar-refractivity contribution < 1.29 is 19.1 Å². The Labute approximate surface area is 151 Å². The van der Waals surface area contributed by atoms with Crippen LogP contribution in [-0.4, -0.2) is 25.2 Å². The lowest BCUT2D eigenvalue weighted by atomic mass is 10.1. The van der Waals surface area contributed by atoms with Gasteiger partial charge in [-0.3, -0.25) is 0 Å². The second-order valence-corrected chi connectivity index (χ2v) is 6.18. The van der Waals surface area contributed by atoms with Crippen molar-refractivity contribution in [2.24, 2.45) is 0 Å². The van der Waals surface area contributed by atoms with Crippen LogP contribution in [0.2, 0.25) is 0 Å². The van der Waals surface area contributed by atoms with Gasteiger partial charge >= 0.3 is 11.9 Å². The minimum Gasteiger partial charge on any atom is -0.462 e. The number of esters is 2. The van der Waals surface area contributed by atoms with Crippen molar-refractivity contribution in [1.29, 1.82) is 5.26 Å². The molecule has 0 saturated carbocycles. The van der Waals surface area contributed by atoms with Crippen molar-refractivity contribution in [3.05, 3.63) is 24.3 Å². The first kappa shape index (κ1) is 22.9. The number of hydrogen-bond acceptors (Lipinski definition) is 5. The highest BCUT2D eigenvalue weighted by Crippen LogP contribution is 2.11. The van der Waals surface area contributed by atoms with Gasteiger partial charge in [0, 0.05) is 5.57 Å². The number of rotatable bonds is 15. The third-order valence-corrected chi connectivity index (χ3v) is 3.73. The highest BCUT2D eigenvalue weighted by atomic mass is 16.5. The van der Waals surface area contributed by atoms with E-state index < -0.39 is 5.97 Å². The molecule has 25 heavy (non-hydrogen) atoms. The molecule has 0 unspecified atom stereocenters. The zero-order chi connectivity index (χ0) is 18.9. The molecule has 0 heterocycles. The summed E-state index contributed by atoms with van der Waals surface area (Å²) in [5.74, 6) is -0.915. The van der Waals surface area contributed by atoms with Gasteiger partial charge in [-0.2, -0.15) is 5.26 Å². The van der Waals surface area contributed by atoms with E-state index in [2.05, 4.69) is 13.2 Å². The summed E-state index contributed by atoms with van der Waals surface area (Å²) in [6, 6.07) is 1.68. The Morgan fingerprint density at radius 2 is 1.12 bits per heavy atom. The van der Waals surface area contributed by atoms with Crippen molar-refractivity contribution in [3.8, 4) is 6.07 Å². The fourth-order valence-corrected chi connectivity index (χ4v) is 2.20. The molecule has 0 fully saturated rings. The number of carbonyl (C=O) groups excluding carboxylic acids is 2. The first-order valence-electron chi connectivity index (χ1n) is 9.07. The van der Waals surface area contributed by atoms with Crippen LogP contribution in [0.25, 0.3) is 0 Å². The van der Waals surface area contributed by atoms with Crippen LogP contribution in [0.15, 0.2) is 24.3 Å². The molecule has 0 aliphatic carbocycles. The van der Waals surface area contributed by atoms with E-state index in [1.165, 1.54) is 32.1 Å². The fraction of sp³-hybridized carbons (Fsp3) is 0.650. The molecule has 0 bridgehead atoms. The van der Waals surface area contributed by atoms with Gasteiger partial charge in [0.15, 0.2) is 0 Å². The summed E-state index contributed by atoms with van der Waals surface area (Å²) in [4.78, 5) is 22.3. The van der Waals surface area contributed by atoms with E-state index in [9.17, 15) is 9.59 Å². The maximum atomic E-state index is 11.2. The van der Waals surface area contributed by atoms with E-state index in [0.717, 1.165) is 32.1 Å². The Balaban J connectivity index is 3.23. The molecule has 5 heteroatoms.